The van der Waals surface area contributed by atoms with Crippen molar-refractivity contribution in [2.24, 2.45) is 0 Å². The quantitative estimate of drug-likeness (QED) is 0.0435. The number of hydrogen-bond acceptors (Lipinski definition) is 13. The largest absolute Gasteiger partial charge is 0.384 e. The first-order valence-electron chi connectivity index (χ1n) is 22.1. The van der Waals surface area contributed by atoms with Gasteiger partial charge in [-0.1, -0.05) is 30.5 Å². The number of aryl methyl sites for hydroxylation is 1. The Morgan fingerprint density at radius 3 is 2.38 bits per heavy atom. The molecule has 0 bridgehead atoms. The van der Waals surface area contributed by atoms with Gasteiger partial charge < -0.3 is 36.6 Å². The molecule has 2 fully saturated rings. The molecule has 7 N–H and O–H groups in total. The number of fused-ring (bicyclic) bond motifs is 1. The number of piperidine rings is 2. The molecule has 4 amide bonds. The molecule has 2 unspecified atom stereocenters. The molecule has 0 saturated carbocycles. The fourth-order valence-electron chi connectivity index (χ4n) is 8.01. The summed E-state index contributed by atoms with van der Waals surface area (Å²) in [6.45, 7) is 9.71. The number of nitrogens with one attached hydrogen (secondary N) is 6. The van der Waals surface area contributed by atoms with E-state index in [1.165, 1.54) is 12.1 Å². The summed E-state index contributed by atoms with van der Waals surface area (Å²) in [5, 5.41) is 24.8. The number of imide groups is 1. The number of carbonyl (C=O) groups is 4. The highest BCUT2D eigenvalue weighted by atomic mass is 35.5. The van der Waals surface area contributed by atoms with Crippen molar-refractivity contribution in [2.75, 3.05) is 46.9 Å². The van der Waals surface area contributed by atoms with Crippen LogP contribution in [0.4, 0.5) is 38.9 Å². The van der Waals surface area contributed by atoms with Crippen LogP contribution in [-0.4, -0.2) is 106 Å². The number of hydrogen-bond donors (Lipinski definition) is 7. The number of aliphatic hydroxyl groups is 1. The van der Waals surface area contributed by atoms with Gasteiger partial charge in [0.1, 0.15) is 23.9 Å². The second kappa shape index (κ2) is 20.3. The average Bonchev–Trinajstić information content (AvgIpc) is 3.51. The molecular weight excluding hydrogens is 891 g/mol. The summed E-state index contributed by atoms with van der Waals surface area (Å²) in [4.78, 5) is 64.4. The highest BCUT2D eigenvalue weighted by molar-refractivity contribution is 7.94. The minimum Gasteiger partial charge on any atom is -0.384 e. The van der Waals surface area contributed by atoms with Gasteiger partial charge in [0.2, 0.25) is 21.9 Å². The van der Waals surface area contributed by atoms with Gasteiger partial charge in [-0.3, -0.25) is 28.8 Å². The van der Waals surface area contributed by atoms with Crippen molar-refractivity contribution in [3.8, 4) is 0 Å². The van der Waals surface area contributed by atoms with E-state index < -0.39 is 56.5 Å². The summed E-state index contributed by atoms with van der Waals surface area (Å²) in [5.74, 6) is -2.14. The average molecular weight is 948 g/mol. The third-order valence-corrected chi connectivity index (χ3v) is 14.4. The molecule has 2 saturated heterocycles. The molecule has 3 aliphatic rings. The molecule has 17 nitrogen and oxygen atoms in total. The van der Waals surface area contributed by atoms with Gasteiger partial charge in [0.25, 0.3) is 17.7 Å². The van der Waals surface area contributed by atoms with E-state index in [1.807, 2.05) is 0 Å². The van der Waals surface area contributed by atoms with Gasteiger partial charge in [-0.25, -0.2) is 17.8 Å². The lowest BCUT2D eigenvalue weighted by Crippen LogP contribution is -2.55. The summed E-state index contributed by atoms with van der Waals surface area (Å²) in [7, 11) is -3.73. The number of aromatic nitrogens is 2. The molecule has 0 spiro atoms. The Balaban J connectivity index is 0.815. The van der Waals surface area contributed by atoms with E-state index in [0.29, 0.717) is 35.0 Å². The minimum atomic E-state index is -3.73. The highest BCUT2D eigenvalue weighted by Crippen LogP contribution is 2.34. The zero-order chi connectivity index (χ0) is 47.3. The van der Waals surface area contributed by atoms with Crippen molar-refractivity contribution >= 4 is 79.8 Å². The topological polar surface area (TPSA) is 227 Å². The summed E-state index contributed by atoms with van der Waals surface area (Å²) in [5.41, 5.74) is 2.79. The van der Waals surface area contributed by atoms with E-state index in [-0.39, 0.29) is 52.2 Å². The van der Waals surface area contributed by atoms with Crippen molar-refractivity contribution in [3.05, 3.63) is 93.9 Å². The van der Waals surface area contributed by atoms with Crippen molar-refractivity contribution < 1.29 is 37.1 Å². The maximum Gasteiger partial charge on any atom is 0.264 e. The van der Waals surface area contributed by atoms with Crippen LogP contribution in [0.15, 0.2) is 60.8 Å². The minimum absolute atomic E-state index is 0.0704. The molecule has 66 heavy (non-hydrogen) atoms. The first-order valence-corrected chi connectivity index (χ1v) is 24.0. The number of halogens is 2. The Labute approximate surface area is 388 Å². The third-order valence-electron chi connectivity index (χ3n) is 11.9. The second-order valence-corrected chi connectivity index (χ2v) is 20.7. The standard InChI is InChI=1S/C46H56ClFN10O7S/c1-27-26-50-45(55-40(27)51-30-13-15-33(47)36(25-30)56-66(64,65)46(2,3)4)53-29-12-14-31(34(48)24-29)41(60)52-28-18-22-57(23-19-28)21-8-6-5-7-20-49-35-11-9-10-32-39(35)44(63)58(43(32)62)37-16-17-38(59)54-42(37)61/h9-15,24-26,28,37-38,49,56,59H,5-8,16-23H2,1-4H3,(H,52,60)(H,54,61)(H2,50,51,53,55). The number of nitrogens with zero attached hydrogens (tertiary/aromatic N) is 4. The molecule has 0 radical (unpaired) electrons. The predicted octanol–water partition coefficient (Wildman–Crippen LogP) is 6.66. The molecule has 352 valence electrons. The number of carbonyl (C=O) groups excluding carboxylic acids is 4. The van der Waals surface area contributed by atoms with E-state index in [1.54, 1.807) is 76.4 Å². The molecule has 20 heteroatoms. The number of amides is 4. The normalized spacial score (nSPS) is 18.2. The number of aliphatic hydroxyl groups excluding tert-OH is 1. The monoisotopic (exact) mass is 946 g/mol. The van der Waals surface area contributed by atoms with Crippen molar-refractivity contribution in [3.63, 3.8) is 0 Å². The number of unbranched alkanes of at least 4 members (excludes halogenated alkanes) is 3. The van der Waals surface area contributed by atoms with Crippen molar-refractivity contribution in [2.45, 2.75) is 102 Å². The van der Waals surface area contributed by atoms with Gasteiger partial charge in [-0.15, -0.1) is 0 Å². The third kappa shape index (κ3) is 11.2. The van der Waals surface area contributed by atoms with Crippen molar-refractivity contribution in [1.82, 2.24) is 30.4 Å². The number of benzene rings is 3. The molecule has 4 heterocycles. The van der Waals surface area contributed by atoms with Gasteiger partial charge in [0.15, 0.2) is 0 Å². The Morgan fingerprint density at radius 1 is 0.924 bits per heavy atom. The molecule has 4 aromatic rings. The van der Waals surface area contributed by atoms with Crippen LogP contribution < -0.4 is 31.3 Å². The van der Waals surface area contributed by atoms with Gasteiger partial charge in [0.05, 0.1) is 32.1 Å². The Kier molecular flexibility index (Phi) is 14.8. The molecule has 3 aliphatic heterocycles. The zero-order valence-corrected chi connectivity index (χ0v) is 38.9. The van der Waals surface area contributed by atoms with Gasteiger partial charge >= 0.3 is 0 Å². The van der Waals surface area contributed by atoms with Crippen LogP contribution in [0, 0.1) is 12.7 Å². The molecule has 1 aromatic heterocycles. The van der Waals surface area contributed by atoms with Crippen LogP contribution in [0.3, 0.4) is 0 Å². The van der Waals surface area contributed by atoms with E-state index in [0.717, 1.165) is 63.1 Å². The highest BCUT2D eigenvalue weighted by Gasteiger charge is 2.45. The molecule has 3 aromatic carbocycles. The van der Waals surface area contributed by atoms with E-state index >= 15 is 4.39 Å². The van der Waals surface area contributed by atoms with E-state index in [2.05, 4.69) is 46.2 Å². The summed E-state index contributed by atoms with van der Waals surface area (Å²) in [6, 6.07) is 13.1. The smallest absolute Gasteiger partial charge is 0.264 e. The summed E-state index contributed by atoms with van der Waals surface area (Å²) >= 11 is 6.30. The fourth-order valence-corrected chi connectivity index (χ4v) is 9.00. The van der Waals surface area contributed by atoms with Gasteiger partial charge in [-0.2, -0.15) is 4.98 Å². The SMILES string of the molecule is Cc1cnc(Nc2ccc(C(=O)NC3CCN(CCCCCCNc4cccc5c4C(=O)N(C4CCC(O)NC4=O)C5=O)CC3)c(F)c2)nc1Nc1ccc(Cl)c(NS(=O)(=O)C(C)(C)C)c1. The Hall–Kier alpha value is -5.89. The number of likely N-dealkylation sites (tertiary alicyclic amines) is 1. The number of rotatable bonds is 17. The van der Waals surface area contributed by atoms with Crippen LogP contribution in [0.25, 0.3) is 0 Å². The van der Waals surface area contributed by atoms with Crippen LogP contribution in [0.1, 0.15) is 109 Å². The zero-order valence-electron chi connectivity index (χ0n) is 37.3. The van der Waals surface area contributed by atoms with Crippen molar-refractivity contribution in [1.29, 1.82) is 0 Å². The number of anilines is 6. The van der Waals surface area contributed by atoms with Crippen LogP contribution in [-0.2, 0) is 14.8 Å². The molecule has 7 rings (SSSR count). The number of sulfonamides is 1. The first-order chi connectivity index (χ1) is 31.4. The summed E-state index contributed by atoms with van der Waals surface area (Å²) < 4.78 is 42.4. The lowest BCUT2D eigenvalue weighted by Gasteiger charge is -2.32. The summed E-state index contributed by atoms with van der Waals surface area (Å²) in [6.07, 6.45) is 6.39. The maximum absolute atomic E-state index is 15.4. The van der Waals surface area contributed by atoms with Crippen LogP contribution >= 0.6 is 11.6 Å². The van der Waals surface area contributed by atoms with E-state index in [9.17, 15) is 32.7 Å². The lowest BCUT2D eigenvalue weighted by molar-refractivity contribution is -0.131. The predicted molar refractivity (Wildman–Crippen MR) is 251 cm³/mol. The molecular formula is C46H56ClFN10O7S. The maximum atomic E-state index is 15.4. The molecule has 0 aliphatic carbocycles. The van der Waals surface area contributed by atoms with Crippen LogP contribution in [0.5, 0.6) is 0 Å². The lowest BCUT2D eigenvalue weighted by atomic mass is 10.0. The second-order valence-electron chi connectivity index (χ2n) is 17.8. The Bertz CT molecular complexity index is 2600. The van der Waals surface area contributed by atoms with Gasteiger partial charge in [0, 0.05) is 54.5 Å². The first kappa shape index (κ1) is 48.1. The van der Waals surface area contributed by atoms with E-state index in [4.69, 9.17) is 11.6 Å². The fraction of sp³-hybridized carbons (Fsp3) is 0.435. The van der Waals surface area contributed by atoms with Crippen LogP contribution in [0.2, 0.25) is 5.02 Å². The Morgan fingerprint density at radius 2 is 1.65 bits per heavy atom. The van der Waals surface area contributed by atoms with Gasteiger partial charge in [-0.05, 0) is 121 Å². The molecule has 2 atom stereocenters.